The first-order valence-electron chi connectivity index (χ1n) is 7.60. The molecule has 0 aromatic carbocycles. The molecule has 1 N–H and O–H groups in total. The Labute approximate surface area is 113 Å². The summed E-state index contributed by atoms with van der Waals surface area (Å²) in [7, 11) is 2.29. The van der Waals surface area contributed by atoms with E-state index in [1.165, 1.54) is 32.2 Å². The normalized spacial score (nSPS) is 21.2. The van der Waals surface area contributed by atoms with Gasteiger partial charge >= 0.3 is 0 Å². The predicted molar refractivity (Wildman–Crippen MR) is 78.0 cm³/mol. The zero-order chi connectivity index (χ0) is 13.4. The molecule has 1 unspecified atom stereocenters. The topological polar surface area (TPSA) is 24.5 Å². The molecule has 0 aliphatic carbocycles. The fraction of sp³-hybridized carbons (Fsp3) is 1.00. The summed E-state index contributed by atoms with van der Waals surface area (Å²) in [4.78, 5) is 2.56. The monoisotopic (exact) mass is 256 g/mol. The average Bonchev–Trinajstić information content (AvgIpc) is 2.38. The van der Waals surface area contributed by atoms with Crippen LogP contribution in [0.1, 0.15) is 46.5 Å². The molecule has 0 radical (unpaired) electrons. The highest BCUT2D eigenvalue weighted by atomic mass is 16.5. The second-order valence-electron chi connectivity index (χ2n) is 6.10. The fourth-order valence-corrected chi connectivity index (χ4v) is 3.11. The van der Waals surface area contributed by atoms with Crippen molar-refractivity contribution in [3.05, 3.63) is 0 Å². The second-order valence-corrected chi connectivity index (χ2v) is 6.10. The molecule has 0 aromatic heterocycles. The quantitative estimate of drug-likeness (QED) is 0.722. The Morgan fingerprint density at radius 3 is 2.50 bits per heavy atom. The number of nitrogens with zero attached hydrogens (tertiary/aromatic N) is 1. The van der Waals surface area contributed by atoms with Gasteiger partial charge in [-0.3, -0.25) is 0 Å². The minimum Gasteiger partial charge on any atom is -0.381 e. The van der Waals surface area contributed by atoms with Gasteiger partial charge in [-0.2, -0.15) is 0 Å². The van der Waals surface area contributed by atoms with Crippen molar-refractivity contribution in [1.82, 2.24) is 10.2 Å². The Morgan fingerprint density at radius 2 is 1.94 bits per heavy atom. The van der Waals surface area contributed by atoms with E-state index in [2.05, 4.69) is 38.0 Å². The van der Waals surface area contributed by atoms with Gasteiger partial charge in [-0.25, -0.2) is 0 Å². The summed E-state index contributed by atoms with van der Waals surface area (Å²) in [6, 6.07) is 0.719. The number of hydrogen-bond acceptors (Lipinski definition) is 3. The van der Waals surface area contributed by atoms with Gasteiger partial charge in [0, 0.05) is 32.3 Å². The summed E-state index contributed by atoms with van der Waals surface area (Å²) in [5.41, 5.74) is 0.401. The van der Waals surface area contributed by atoms with Crippen molar-refractivity contribution < 1.29 is 4.74 Å². The number of ether oxygens (including phenoxy) is 1. The molecule has 3 heteroatoms. The predicted octanol–water partition coefficient (Wildman–Crippen LogP) is 2.51. The largest absolute Gasteiger partial charge is 0.381 e. The van der Waals surface area contributed by atoms with Gasteiger partial charge in [0.05, 0.1) is 0 Å². The van der Waals surface area contributed by atoms with Crippen molar-refractivity contribution in [3.63, 3.8) is 0 Å². The number of hydrogen-bond donors (Lipinski definition) is 1. The van der Waals surface area contributed by atoms with Crippen LogP contribution in [0.3, 0.4) is 0 Å². The molecule has 1 rings (SSSR count). The third-order valence-electron chi connectivity index (χ3n) is 4.10. The van der Waals surface area contributed by atoms with Gasteiger partial charge < -0.3 is 15.0 Å². The van der Waals surface area contributed by atoms with Crippen molar-refractivity contribution in [2.24, 2.45) is 5.41 Å². The molecular weight excluding hydrogens is 224 g/mol. The highest BCUT2D eigenvalue weighted by molar-refractivity contribution is 4.83. The maximum absolute atomic E-state index is 5.45. The SMILES string of the molecule is CCCC(C)(CNCC)CN(C)C1CCOCC1. The summed E-state index contributed by atoms with van der Waals surface area (Å²) in [5.74, 6) is 0. The molecular formula is C15H32N2O. The molecule has 108 valence electrons. The van der Waals surface area contributed by atoms with Crippen LogP contribution in [0, 0.1) is 5.41 Å². The van der Waals surface area contributed by atoms with Crippen LogP contribution in [0.25, 0.3) is 0 Å². The molecule has 1 atom stereocenters. The molecule has 3 nitrogen and oxygen atoms in total. The molecule has 1 saturated heterocycles. The summed E-state index contributed by atoms with van der Waals surface area (Å²) in [6.45, 7) is 12.2. The van der Waals surface area contributed by atoms with E-state index in [1.54, 1.807) is 0 Å². The zero-order valence-corrected chi connectivity index (χ0v) is 12.8. The van der Waals surface area contributed by atoms with Crippen LogP contribution in [-0.2, 0) is 4.74 Å². The zero-order valence-electron chi connectivity index (χ0n) is 12.8. The lowest BCUT2D eigenvalue weighted by Crippen LogP contribution is -2.46. The van der Waals surface area contributed by atoms with E-state index in [9.17, 15) is 0 Å². The molecule has 1 fully saturated rings. The first-order chi connectivity index (χ1) is 8.61. The lowest BCUT2D eigenvalue weighted by Gasteiger charge is -2.39. The summed E-state index contributed by atoms with van der Waals surface area (Å²) >= 11 is 0. The van der Waals surface area contributed by atoms with E-state index in [4.69, 9.17) is 4.74 Å². The molecule has 18 heavy (non-hydrogen) atoms. The minimum absolute atomic E-state index is 0.401. The molecule has 0 aromatic rings. The highest BCUT2D eigenvalue weighted by Gasteiger charge is 2.28. The summed E-state index contributed by atoms with van der Waals surface area (Å²) < 4.78 is 5.45. The molecule has 0 amide bonds. The molecule has 1 aliphatic heterocycles. The second kappa shape index (κ2) is 8.13. The van der Waals surface area contributed by atoms with E-state index < -0.39 is 0 Å². The Balaban J connectivity index is 2.47. The number of nitrogens with one attached hydrogen (secondary N) is 1. The summed E-state index contributed by atoms with van der Waals surface area (Å²) in [6.07, 6.45) is 4.96. The summed E-state index contributed by atoms with van der Waals surface area (Å²) in [5, 5.41) is 3.53. The maximum Gasteiger partial charge on any atom is 0.0480 e. The molecule has 0 bridgehead atoms. The van der Waals surface area contributed by atoms with E-state index in [0.29, 0.717) is 5.41 Å². The van der Waals surface area contributed by atoms with Gasteiger partial charge in [0.25, 0.3) is 0 Å². The Hall–Kier alpha value is -0.120. The third-order valence-corrected chi connectivity index (χ3v) is 4.10. The molecule has 1 aliphatic rings. The molecule has 0 spiro atoms. The number of rotatable bonds is 8. The van der Waals surface area contributed by atoms with E-state index in [0.717, 1.165) is 32.3 Å². The van der Waals surface area contributed by atoms with Crippen LogP contribution in [0.5, 0.6) is 0 Å². The molecule has 0 saturated carbocycles. The Bertz CT molecular complexity index is 217. The van der Waals surface area contributed by atoms with Gasteiger partial charge in [-0.1, -0.05) is 27.2 Å². The van der Waals surface area contributed by atoms with E-state index >= 15 is 0 Å². The van der Waals surface area contributed by atoms with E-state index in [1.807, 2.05) is 0 Å². The van der Waals surface area contributed by atoms with Crippen molar-refractivity contribution >= 4 is 0 Å². The first-order valence-corrected chi connectivity index (χ1v) is 7.60. The Morgan fingerprint density at radius 1 is 1.28 bits per heavy atom. The first kappa shape index (κ1) is 15.9. The average molecular weight is 256 g/mol. The van der Waals surface area contributed by atoms with E-state index in [-0.39, 0.29) is 0 Å². The lowest BCUT2D eigenvalue weighted by molar-refractivity contribution is 0.0280. The highest BCUT2D eigenvalue weighted by Crippen LogP contribution is 2.26. The van der Waals surface area contributed by atoms with Crippen molar-refractivity contribution in [2.45, 2.75) is 52.5 Å². The minimum atomic E-state index is 0.401. The van der Waals surface area contributed by atoms with Gasteiger partial charge in [-0.15, -0.1) is 0 Å². The van der Waals surface area contributed by atoms with Crippen LogP contribution in [0.4, 0.5) is 0 Å². The van der Waals surface area contributed by atoms with Crippen LogP contribution < -0.4 is 5.32 Å². The van der Waals surface area contributed by atoms with Crippen LogP contribution in [0.2, 0.25) is 0 Å². The Kier molecular flexibility index (Phi) is 7.20. The fourth-order valence-electron chi connectivity index (χ4n) is 3.11. The van der Waals surface area contributed by atoms with Gasteiger partial charge in [-0.05, 0) is 38.3 Å². The third kappa shape index (κ3) is 5.25. The lowest BCUT2D eigenvalue weighted by atomic mass is 9.84. The van der Waals surface area contributed by atoms with Gasteiger partial charge in [0.2, 0.25) is 0 Å². The maximum atomic E-state index is 5.45. The molecule has 1 heterocycles. The standard InChI is InChI=1S/C15H32N2O/c1-5-9-15(3,12-16-6-2)13-17(4)14-7-10-18-11-8-14/h14,16H,5-13H2,1-4H3. The van der Waals surface area contributed by atoms with Crippen molar-refractivity contribution in [1.29, 1.82) is 0 Å². The van der Waals surface area contributed by atoms with Crippen molar-refractivity contribution in [2.75, 3.05) is 39.9 Å². The van der Waals surface area contributed by atoms with Crippen LogP contribution >= 0.6 is 0 Å². The van der Waals surface area contributed by atoms with Crippen LogP contribution in [-0.4, -0.2) is 50.8 Å². The van der Waals surface area contributed by atoms with Crippen molar-refractivity contribution in [3.8, 4) is 0 Å². The van der Waals surface area contributed by atoms with Crippen LogP contribution in [0.15, 0.2) is 0 Å². The smallest absolute Gasteiger partial charge is 0.0480 e. The van der Waals surface area contributed by atoms with Gasteiger partial charge in [0.1, 0.15) is 0 Å². The van der Waals surface area contributed by atoms with Gasteiger partial charge in [0.15, 0.2) is 0 Å².